The summed E-state index contributed by atoms with van der Waals surface area (Å²) in [6.45, 7) is 7.43. The second-order valence-electron chi connectivity index (χ2n) is 6.22. The molecule has 7 heteroatoms. The summed E-state index contributed by atoms with van der Waals surface area (Å²) in [7, 11) is 0. The van der Waals surface area contributed by atoms with Crippen molar-refractivity contribution in [2.45, 2.75) is 40.2 Å². The number of carboxylic acids is 1. The van der Waals surface area contributed by atoms with E-state index in [1.807, 2.05) is 13.8 Å². The van der Waals surface area contributed by atoms with Gasteiger partial charge in [-0.2, -0.15) is 0 Å². The Bertz CT molecular complexity index is 781. The van der Waals surface area contributed by atoms with Crippen LogP contribution >= 0.6 is 0 Å². The number of carboxylic acid groups (broad SMARTS) is 1. The van der Waals surface area contributed by atoms with Crippen LogP contribution < -0.4 is 10.9 Å². The molecule has 0 saturated carbocycles. The summed E-state index contributed by atoms with van der Waals surface area (Å²) in [6, 6.07) is 2.74. The predicted molar refractivity (Wildman–Crippen MR) is 92.1 cm³/mol. The fourth-order valence-electron chi connectivity index (χ4n) is 2.27. The standard InChI is InChI=1S/C17H22N4O3/c1-9(2)7-13(17(23)24)20-14-6-5-12(8-18-14)15-19-11(4)10(3)16(22)21-15/h5-6,8-9,13H,7H2,1-4H3,(H,18,20)(H,23,24)(H,19,21,22)/t13-/m1/s1. The number of rotatable bonds is 6. The largest absolute Gasteiger partial charge is 0.480 e. The van der Waals surface area contributed by atoms with Crippen molar-refractivity contribution in [3.8, 4) is 11.4 Å². The molecule has 7 nitrogen and oxygen atoms in total. The molecule has 0 unspecified atom stereocenters. The SMILES string of the molecule is Cc1nc(-c2ccc(N[C@H](CC(C)C)C(=O)O)nc2)[nH]c(=O)c1C. The van der Waals surface area contributed by atoms with Crippen molar-refractivity contribution in [2.24, 2.45) is 5.92 Å². The summed E-state index contributed by atoms with van der Waals surface area (Å²) in [5.41, 5.74) is 1.74. The van der Waals surface area contributed by atoms with E-state index in [2.05, 4.69) is 20.3 Å². The topological polar surface area (TPSA) is 108 Å². The number of aromatic nitrogens is 3. The Kier molecular flexibility index (Phi) is 5.33. The second kappa shape index (κ2) is 7.25. The lowest BCUT2D eigenvalue weighted by molar-refractivity contribution is -0.138. The lowest BCUT2D eigenvalue weighted by Crippen LogP contribution is -2.31. The van der Waals surface area contributed by atoms with E-state index >= 15 is 0 Å². The van der Waals surface area contributed by atoms with E-state index in [1.54, 1.807) is 32.2 Å². The molecule has 0 aromatic carbocycles. The van der Waals surface area contributed by atoms with Gasteiger partial charge in [0.1, 0.15) is 17.7 Å². The Morgan fingerprint density at radius 1 is 1.33 bits per heavy atom. The summed E-state index contributed by atoms with van der Waals surface area (Å²) in [6.07, 6.45) is 2.06. The number of aryl methyl sites for hydroxylation is 1. The molecular formula is C17H22N4O3. The normalized spacial score (nSPS) is 12.2. The van der Waals surface area contributed by atoms with Crippen molar-refractivity contribution in [1.82, 2.24) is 15.0 Å². The average Bonchev–Trinajstić information content (AvgIpc) is 2.51. The van der Waals surface area contributed by atoms with Crippen LogP contribution in [0.1, 0.15) is 31.5 Å². The number of hydrogen-bond acceptors (Lipinski definition) is 5. The molecular weight excluding hydrogens is 308 g/mol. The van der Waals surface area contributed by atoms with Gasteiger partial charge in [0, 0.05) is 23.0 Å². The van der Waals surface area contributed by atoms with Crippen LogP contribution in [0.15, 0.2) is 23.1 Å². The summed E-state index contributed by atoms with van der Waals surface area (Å²) < 4.78 is 0. The molecule has 0 spiro atoms. The minimum absolute atomic E-state index is 0.178. The highest BCUT2D eigenvalue weighted by Gasteiger charge is 2.19. The minimum atomic E-state index is -0.908. The fourth-order valence-corrected chi connectivity index (χ4v) is 2.27. The van der Waals surface area contributed by atoms with Crippen LogP contribution in [0.2, 0.25) is 0 Å². The van der Waals surface area contributed by atoms with E-state index in [9.17, 15) is 14.7 Å². The summed E-state index contributed by atoms with van der Waals surface area (Å²) in [5, 5.41) is 12.2. The van der Waals surface area contributed by atoms with Gasteiger partial charge in [0.2, 0.25) is 0 Å². The van der Waals surface area contributed by atoms with Crippen LogP contribution in [0, 0.1) is 19.8 Å². The maximum absolute atomic E-state index is 11.8. The number of hydrogen-bond donors (Lipinski definition) is 3. The molecule has 0 aliphatic heterocycles. The number of anilines is 1. The van der Waals surface area contributed by atoms with Crippen LogP contribution in [0.25, 0.3) is 11.4 Å². The van der Waals surface area contributed by atoms with Gasteiger partial charge in [-0.25, -0.2) is 14.8 Å². The number of H-pyrrole nitrogens is 1. The predicted octanol–water partition coefficient (Wildman–Crippen LogP) is 2.36. The van der Waals surface area contributed by atoms with Crippen molar-refractivity contribution in [1.29, 1.82) is 0 Å². The molecule has 0 aliphatic rings. The highest BCUT2D eigenvalue weighted by atomic mass is 16.4. The number of pyridine rings is 1. The Morgan fingerprint density at radius 3 is 2.54 bits per heavy atom. The van der Waals surface area contributed by atoms with E-state index in [-0.39, 0.29) is 11.5 Å². The number of carbonyl (C=O) groups is 1. The summed E-state index contributed by atoms with van der Waals surface area (Å²) in [5.74, 6) is 0.259. The number of nitrogens with one attached hydrogen (secondary N) is 2. The van der Waals surface area contributed by atoms with Crippen LogP contribution in [0.4, 0.5) is 5.82 Å². The molecule has 0 radical (unpaired) electrons. The Balaban J connectivity index is 2.21. The fraction of sp³-hybridized carbons (Fsp3) is 0.412. The van der Waals surface area contributed by atoms with E-state index in [1.165, 1.54) is 0 Å². The van der Waals surface area contributed by atoms with Gasteiger partial charge in [-0.15, -0.1) is 0 Å². The van der Waals surface area contributed by atoms with Gasteiger partial charge in [0.05, 0.1) is 0 Å². The summed E-state index contributed by atoms with van der Waals surface area (Å²) >= 11 is 0. The van der Waals surface area contributed by atoms with Crippen molar-refractivity contribution in [2.75, 3.05) is 5.32 Å². The molecule has 24 heavy (non-hydrogen) atoms. The van der Waals surface area contributed by atoms with Crippen molar-refractivity contribution in [3.63, 3.8) is 0 Å². The quantitative estimate of drug-likeness (QED) is 0.750. The van der Waals surface area contributed by atoms with Gasteiger partial charge < -0.3 is 15.4 Å². The minimum Gasteiger partial charge on any atom is -0.480 e. The van der Waals surface area contributed by atoms with Gasteiger partial charge in [0.25, 0.3) is 5.56 Å². The Labute approximate surface area is 140 Å². The Morgan fingerprint density at radius 2 is 2.04 bits per heavy atom. The first-order chi connectivity index (χ1) is 11.3. The van der Waals surface area contributed by atoms with Crippen LogP contribution in [0.5, 0.6) is 0 Å². The van der Waals surface area contributed by atoms with Gasteiger partial charge >= 0.3 is 5.97 Å². The van der Waals surface area contributed by atoms with Crippen molar-refractivity contribution in [3.05, 3.63) is 39.9 Å². The van der Waals surface area contributed by atoms with E-state index in [4.69, 9.17) is 0 Å². The molecule has 2 rings (SSSR count). The Hall–Kier alpha value is -2.70. The number of nitrogens with zero attached hydrogens (tertiary/aromatic N) is 2. The zero-order valence-electron chi connectivity index (χ0n) is 14.3. The van der Waals surface area contributed by atoms with Gasteiger partial charge in [-0.3, -0.25) is 4.79 Å². The lowest BCUT2D eigenvalue weighted by atomic mass is 10.0. The third-order valence-corrected chi connectivity index (χ3v) is 3.76. The molecule has 0 saturated heterocycles. The van der Waals surface area contributed by atoms with Crippen LogP contribution in [0.3, 0.4) is 0 Å². The molecule has 0 aliphatic carbocycles. The highest BCUT2D eigenvalue weighted by Crippen LogP contribution is 2.17. The molecule has 2 aromatic rings. The first kappa shape index (κ1) is 17.7. The van der Waals surface area contributed by atoms with Gasteiger partial charge in [0.15, 0.2) is 0 Å². The third-order valence-electron chi connectivity index (χ3n) is 3.76. The first-order valence-electron chi connectivity index (χ1n) is 7.81. The van der Waals surface area contributed by atoms with Gasteiger partial charge in [-0.1, -0.05) is 13.8 Å². The second-order valence-corrected chi connectivity index (χ2v) is 6.22. The molecule has 0 amide bonds. The zero-order chi connectivity index (χ0) is 17.9. The summed E-state index contributed by atoms with van der Waals surface area (Å²) in [4.78, 5) is 34.4. The molecule has 0 bridgehead atoms. The third kappa shape index (κ3) is 4.18. The maximum Gasteiger partial charge on any atom is 0.326 e. The van der Waals surface area contributed by atoms with Crippen molar-refractivity contribution < 1.29 is 9.90 Å². The average molecular weight is 330 g/mol. The van der Waals surface area contributed by atoms with E-state index in [0.717, 1.165) is 0 Å². The van der Waals surface area contributed by atoms with Crippen LogP contribution in [-0.2, 0) is 4.79 Å². The van der Waals surface area contributed by atoms with E-state index in [0.29, 0.717) is 34.9 Å². The molecule has 0 fully saturated rings. The molecule has 1 atom stereocenters. The van der Waals surface area contributed by atoms with Gasteiger partial charge in [-0.05, 0) is 38.3 Å². The first-order valence-corrected chi connectivity index (χ1v) is 7.81. The van der Waals surface area contributed by atoms with Crippen molar-refractivity contribution >= 4 is 11.8 Å². The molecule has 2 heterocycles. The zero-order valence-corrected chi connectivity index (χ0v) is 14.3. The maximum atomic E-state index is 11.8. The molecule has 3 N–H and O–H groups in total. The molecule has 128 valence electrons. The molecule has 2 aromatic heterocycles. The van der Waals surface area contributed by atoms with Crippen LogP contribution in [-0.4, -0.2) is 32.1 Å². The monoisotopic (exact) mass is 330 g/mol. The van der Waals surface area contributed by atoms with E-state index < -0.39 is 12.0 Å². The number of aliphatic carboxylic acids is 1. The highest BCUT2D eigenvalue weighted by molar-refractivity contribution is 5.77. The smallest absolute Gasteiger partial charge is 0.326 e. The number of aromatic amines is 1. The lowest BCUT2D eigenvalue weighted by Gasteiger charge is -2.17.